The van der Waals surface area contributed by atoms with Crippen LogP contribution >= 0.6 is 11.8 Å². The molecule has 0 saturated carbocycles. The van der Waals surface area contributed by atoms with Gasteiger partial charge in [-0.1, -0.05) is 17.8 Å². The van der Waals surface area contributed by atoms with Crippen molar-refractivity contribution in [3.8, 4) is 5.75 Å². The summed E-state index contributed by atoms with van der Waals surface area (Å²) in [5, 5.41) is 8.14. The lowest BCUT2D eigenvalue weighted by Gasteiger charge is -2.30. The van der Waals surface area contributed by atoms with Crippen molar-refractivity contribution in [3.05, 3.63) is 35.2 Å². The summed E-state index contributed by atoms with van der Waals surface area (Å²) < 4.78 is 5.27. The van der Waals surface area contributed by atoms with E-state index in [-0.39, 0.29) is 6.04 Å². The second-order valence-corrected chi connectivity index (χ2v) is 6.20. The number of nitrogens with two attached hydrogens (primary N) is 1. The number of thioether (sulfide) groups is 1. The SMILES string of the molecule is COc1ccc2c(c1)CCC(Sc1n[nH]c(C)n1)C2N. The molecule has 2 atom stereocenters. The zero-order valence-electron chi connectivity index (χ0n) is 11.6. The Kier molecular flexibility index (Phi) is 3.67. The minimum absolute atomic E-state index is 0.00784. The number of aromatic nitrogens is 3. The maximum atomic E-state index is 6.41. The lowest BCUT2D eigenvalue weighted by molar-refractivity contribution is 0.413. The maximum Gasteiger partial charge on any atom is 0.208 e. The Bertz CT molecular complexity index is 613. The van der Waals surface area contributed by atoms with E-state index in [1.165, 1.54) is 11.1 Å². The van der Waals surface area contributed by atoms with Crippen LogP contribution in [0.3, 0.4) is 0 Å². The molecule has 0 amide bonds. The van der Waals surface area contributed by atoms with Crippen LogP contribution in [0.25, 0.3) is 0 Å². The summed E-state index contributed by atoms with van der Waals surface area (Å²) in [5.74, 6) is 1.73. The largest absolute Gasteiger partial charge is 0.497 e. The first kappa shape index (κ1) is 13.5. The molecule has 1 aromatic carbocycles. The van der Waals surface area contributed by atoms with E-state index in [0.29, 0.717) is 5.25 Å². The Hall–Kier alpha value is -1.53. The van der Waals surface area contributed by atoms with Crippen LogP contribution in [0.15, 0.2) is 23.4 Å². The van der Waals surface area contributed by atoms with Crippen molar-refractivity contribution < 1.29 is 4.74 Å². The van der Waals surface area contributed by atoms with E-state index in [2.05, 4.69) is 27.3 Å². The van der Waals surface area contributed by atoms with Gasteiger partial charge in [0, 0.05) is 11.3 Å². The molecule has 3 N–H and O–H groups in total. The highest BCUT2D eigenvalue weighted by Crippen LogP contribution is 2.38. The summed E-state index contributed by atoms with van der Waals surface area (Å²) in [6, 6.07) is 6.15. The molecule has 106 valence electrons. The van der Waals surface area contributed by atoms with Crippen LogP contribution in [0, 0.1) is 6.92 Å². The number of H-pyrrole nitrogens is 1. The molecule has 0 aliphatic heterocycles. The highest BCUT2D eigenvalue weighted by Gasteiger charge is 2.28. The number of rotatable bonds is 3. The van der Waals surface area contributed by atoms with Gasteiger partial charge in [-0.2, -0.15) is 0 Å². The number of ether oxygens (including phenoxy) is 1. The molecule has 1 aliphatic carbocycles. The number of aryl methyl sites for hydroxylation is 2. The third-order valence-electron chi connectivity index (χ3n) is 3.64. The number of hydrogen-bond donors (Lipinski definition) is 2. The van der Waals surface area contributed by atoms with E-state index in [1.807, 2.05) is 13.0 Å². The van der Waals surface area contributed by atoms with Gasteiger partial charge >= 0.3 is 0 Å². The van der Waals surface area contributed by atoms with Crippen LogP contribution < -0.4 is 10.5 Å². The Morgan fingerprint density at radius 2 is 2.30 bits per heavy atom. The fourth-order valence-electron chi connectivity index (χ4n) is 2.57. The van der Waals surface area contributed by atoms with Crippen LogP contribution in [0.5, 0.6) is 5.75 Å². The van der Waals surface area contributed by atoms with Gasteiger partial charge in [-0.3, -0.25) is 5.10 Å². The molecular formula is C14H18N4OS. The molecule has 2 unspecified atom stereocenters. The number of hydrogen-bond acceptors (Lipinski definition) is 5. The molecule has 0 radical (unpaired) electrons. The minimum Gasteiger partial charge on any atom is -0.497 e. The van der Waals surface area contributed by atoms with Crippen molar-refractivity contribution in [2.45, 2.75) is 36.2 Å². The van der Waals surface area contributed by atoms with Gasteiger partial charge in [-0.15, -0.1) is 5.10 Å². The van der Waals surface area contributed by atoms with Crippen molar-refractivity contribution >= 4 is 11.8 Å². The molecule has 0 bridgehead atoms. The first-order valence-electron chi connectivity index (χ1n) is 6.65. The third-order valence-corrected chi connectivity index (χ3v) is 4.87. The van der Waals surface area contributed by atoms with Crippen LogP contribution in [0.2, 0.25) is 0 Å². The summed E-state index contributed by atoms with van der Waals surface area (Å²) in [7, 11) is 1.69. The summed E-state index contributed by atoms with van der Waals surface area (Å²) in [4.78, 5) is 4.34. The monoisotopic (exact) mass is 290 g/mol. The average molecular weight is 290 g/mol. The molecule has 1 aliphatic rings. The summed E-state index contributed by atoms with van der Waals surface area (Å²) in [6.07, 6.45) is 2.04. The van der Waals surface area contributed by atoms with Gasteiger partial charge in [-0.05, 0) is 43.0 Å². The number of fused-ring (bicyclic) bond motifs is 1. The Morgan fingerprint density at radius 1 is 1.45 bits per heavy atom. The number of nitrogens with zero attached hydrogens (tertiary/aromatic N) is 2. The van der Waals surface area contributed by atoms with Gasteiger partial charge < -0.3 is 10.5 Å². The zero-order chi connectivity index (χ0) is 14.1. The molecule has 20 heavy (non-hydrogen) atoms. The lowest BCUT2D eigenvalue weighted by atomic mass is 9.87. The Labute approximate surface area is 122 Å². The van der Waals surface area contributed by atoms with Crippen LogP contribution in [-0.2, 0) is 6.42 Å². The van der Waals surface area contributed by atoms with E-state index in [1.54, 1.807) is 18.9 Å². The fourth-order valence-corrected chi connectivity index (χ4v) is 3.66. The smallest absolute Gasteiger partial charge is 0.208 e. The van der Waals surface area contributed by atoms with E-state index in [0.717, 1.165) is 29.6 Å². The standard InChI is InChI=1S/C14H18N4OS/c1-8-16-14(18-17-8)20-12-6-3-9-7-10(19-2)4-5-11(9)13(12)15/h4-5,7,12-13H,3,6,15H2,1-2H3,(H,16,17,18). The second kappa shape index (κ2) is 5.46. The zero-order valence-corrected chi connectivity index (χ0v) is 12.4. The number of methoxy groups -OCH3 is 1. The molecule has 3 rings (SSSR count). The molecule has 6 heteroatoms. The normalized spacial score (nSPS) is 21.6. The molecule has 1 heterocycles. The second-order valence-electron chi connectivity index (χ2n) is 4.99. The van der Waals surface area contributed by atoms with Crippen LogP contribution in [-0.4, -0.2) is 27.5 Å². The molecule has 0 spiro atoms. The number of nitrogens with one attached hydrogen (secondary N) is 1. The molecular weight excluding hydrogens is 272 g/mol. The van der Waals surface area contributed by atoms with Crippen molar-refractivity contribution in [3.63, 3.8) is 0 Å². The quantitative estimate of drug-likeness (QED) is 0.906. The van der Waals surface area contributed by atoms with Gasteiger partial charge in [0.2, 0.25) is 5.16 Å². The highest BCUT2D eigenvalue weighted by molar-refractivity contribution is 7.99. The molecule has 5 nitrogen and oxygen atoms in total. The first-order chi connectivity index (χ1) is 9.67. The van der Waals surface area contributed by atoms with Gasteiger partial charge in [0.05, 0.1) is 7.11 Å². The molecule has 1 aromatic heterocycles. The predicted octanol–water partition coefficient (Wildman–Crippen LogP) is 2.23. The van der Waals surface area contributed by atoms with Crippen molar-refractivity contribution in [1.29, 1.82) is 0 Å². The lowest BCUT2D eigenvalue weighted by Crippen LogP contribution is -2.29. The number of benzene rings is 1. The third kappa shape index (κ3) is 2.53. The summed E-state index contributed by atoms with van der Waals surface area (Å²) in [5.41, 5.74) is 8.91. The highest BCUT2D eigenvalue weighted by atomic mass is 32.2. The maximum absolute atomic E-state index is 6.41. The first-order valence-corrected chi connectivity index (χ1v) is 7.53. The van der Waals surface area contributed by atoms with E-state index < -0.39 is 0 Å². The number of aromatic amines is 1. The fraction of sp³-hybridized carbons (Fsp3) is 0.429. The van der Waals surface area contributed by atoms with Gasteiger partial charge in [0.1, 0.15) is 11.6 Å². The van der Waals surface area contributed by atoms with E-state index in [4.69, 9.17) is 10.5 Å². The molecule has 2 aromatic rings. The van der Waals surface area contributed by atoms with Crippen molar-refractivity contribution in [1.82, 2.24) is 15.2 Å². The summed E-state index contributed by atoms with van der Waals surface area (Å²) >= 11 is 1.66. The van der Waals surface area contributed by atoms with Crippen molar-refractivity contribution in [2.24, 2.45) is 5.73 Å². The topological polar surface area (TPSA) is 76.8 Å². The van der Waals surface area contributed by atoms with Gasteiger partial charge in [-0.25, -0.2) is 4.98 Å². The van der Waals surface area contributed by atoms with Crippen molar-refractivity contribution in [2.75, 3.05) is 7.11 Å². The molecule has 0 saturated heterocycles. The van der Waals surface area contributed by atoms with E-state index >= 15 is 0 Å². The van der Waals surface area contributed by atoms with Crippen LogP contribution in [0.4, 0.5) is 0 Å². The van der Waals surface area contributed by atoms with Crippen LogP contribution in [0.1, 0.15) is 29.4 Å². The summed E-state index contributed by atoms with van der Waals surface area (Å²) in [6.45, 7) is 1.90. The van der Waals surface area contributed by atoms with E-state index in [9.17, 15) is 0 Å². The van der Waals surface area contributed by atoms with Gasteiger partial charge in [0.25, 0.3) is 0 Å². The predicted molar refractivity (Wildman–Crippen MR) is 79.0 cm³/mol. The molecule has 0 fully saturated rings. The Morgan fingerprint density at radius 3 is 3.00 bits per heavy atom. The van der Waals surface area contributed by atoms with Gasteiger partial charge in [0.15, 0.2) is 0 Å². The minimum atomic E-state index is 0.00784. The average Bonchev–Trinajstić information content (AvgIpc) is 2.87. The Balaban J connectivity index is 1.80.